The number of thioether (sulfide) groups is 1. The minimum atomic E-state index is -0.602. The van der Waals surface area contributed by atoms with Crippen LogP contribution in [0.4, 0.5) is 4.79 Å². The molecule has 6 nitrogen and oxygen atoms in total. The number of benzene rings is 1. The second kappa shape index (κ2) is 25.1. The van der Waals surface area contributed by atoms with Gasteiger partial charge in [0.15, 0.2) is 0 Å². The number of hydrogen-bond donors (Lipinski definition) is 0. The SMILES string of the molecule is C=C/C(CCOc1ccc(CC2SC(=O)N(C(=O)CCC/C=C\C/C=C\C/C=C\C/C=C\C/C=C\CCC)C2=O)cc1)=N\C=C(/C)CC. The first-order valence-corrected chi connectivity index (χ1v) is 18.2. The molecule has 1 saturated heterocycles. The number of ether oxygens (including phenoxy) is 1. The first-order valence-electron chi connectivity index (χ1n) is 17.3. The van der Waals surface area contributed by atoms with Crippen LogP contribution in [-0.2, 0) is 16.0 Å². The smallest absolute Gasteiger partial charge is 0.295 e. The molecule has 0 bridgehead atoms. The molecule has 1 aromatic carbocycles. The van der Waals surface area contributed by atoms with E-state index >= 15 is 0 Å². The van der Waals surface area contributed by atoms with Crippen molar-refractivity contribution in [3.63, 3.8) is 0 Å². The molecule has 1 fully saturated rings. The van der Waals surface area contributed by atoms with Gasteiger partial charge in [-0.25, -0.2) is 4.90 Å². The summed E-state index contributed by atoms with van der Waals surface area (Å²) >= 11 is 0.929. The molecule has 1 atom stereocenters. The van der Waals surface area contributed by atoms with Crippen molar-refractivity contribution in [2.24, 2.45) is 4.99 Å². The summed E-state index contributed by atoms with van der Waals surface area (Å²) in [6.45, 7) is 10.6. The number of carbonyl (C=O) groups excluding carboxylic acids is 3. The zero-order valence-corrected chi connectivity index (χ0v) is 30.0. The van der Waals surface area contributed by atoms with Crippen LogP contribution in [0.25, 0.3) is 0 Å². The normalized spacial score (nSPS) is 16.2. The Morgan fingerprint density at radius 2 is 1.46 bits per heavy atom. The third-order valence-corrected chi connectivity index (χ3v) is 8.56. The highest BCUT2D eigenvalue weighted by Gasteiger charge is 2.42. The second-order valence-corrected chi connectivity index (χ2v) is 12.7. The van der Waals surface area contributed by atoms with Gasteiger partial charge in [-0.05, 0) is 88.5 Å². The molecule has 1 unspecified atom stereocenters. The van der Waals surface area contributed by atoms with Gasteiger partial charge in [0.2, 0.25) is 5.91 Å². The first-order chi connectivity index (χ1) is 23.4. The number of aliphatic imine (C=N–C) groups is 1. The van der Waals surface area contributed by atoms with E-state index in [0.29, 0.717) is 31.6 Å². The Morgan fingerprint density at radius 1 is 0.875 bits per heavy atom. The third kappa shape index (κ3) is 16.7. The molecule has 0 saturated carbocycles. The number of unbranched alkanes of at least 4 members (excludes halogenated alkanes) is 2. The van der Waals surface area contributed by atoms with E-state index in [1.165, 1.54) is 12.0 Å². The topological polar surface area (TPSA) is 76.0 Å². The summed E-state index contributed by atoms with van der Waals surface area (Å²) in [5, 5.41) is -1.08. The Balaban J connectivity index is 1.65. The van der Waals surface area contributed by atoms with Gasteiger partial charge in [0.05, 0.1) is 11.9 Å². The Hall–Kier alpha value is -3.97. The van der Waals surface area contributed by atoms with Gasteiger partial charge in [0, 0.05) is 24.8 Å². The zero-order valence-electron chi connectivity index (χ0n) is 29.2. The number of nitrogens with zero attached hydrogens (tertiary/aromatic N) is 2. The van der Waals surface area contributed by atoms with E-state index in [4.69, 9.17) is 4.74 Å². The Bertz CT molecular complexity index is 1360. The monoisotopic (exact) mass is 670 g/mol. The standard InChI is InChI=1S/C41H54N2O4S/c1-5-8-9-10-11-12-13-14-15-16-17-18-19-20-21-22-23-24-25-39(44)43-40(45)38(48-41(43)46)32-35-26-28-37(29-27-35)47-31-30-36(7-3)42-33-34(4)6-2/h7,9-10,12-13,15-16,18-19,21-22,26-29,33,38H,3,5-6,8,11,14,17,20,23-25,30-32H2,1-2,4H3/b10-9-,13-12-,16-15-,19-18-,22-21-,34-33+,42-36+. The summed E-state index contributed by atoms with van der Waals surface area (Å²) in [6.07, 6.45) is 34.7. The van der Waals surface area contributed by atoms with Crippen LogP contribution in [-0.4, -0.2) is 39.5 Å². The van der Waals surface area contributed by atoms with E-state index in [2.05, 4.69) is 80.1 Å². The highest BCUT2D eigenvalue weighted by atomic mass is 32.2. The van der Waals surface area contributed by atoms with Crippen molar-refractivity contribution in [3.8, 4) is 5.75 Å². The van der Waals surface area contributed by atoms with Crippen molar-refractivity contribution < 1.29 is 19.1 Å². The number of imide groups is 3. The summed E-state index contributed by atoms with van der Waals surface area (Å²) in [5.41, 5.74) is 2.97. The van der Waals surface area contributed by atoms with Crippen LogP contribution in [0.3, 0.4) is 0 Å². The van der Waals surface area contributed by atoms with Crippen LogP contribution in [0, 0.1) is 0 Å². The summed E-state index contributed by atoms with van der Waals surface area (Å²) in [6, 6.07) is 7.48. The summed E-state index contributed by atoms with van der Waals surface area (Å²) in [4.78, 5) is 43.5. The molecule has 0 aromatic heterocycles. The van der Waals surface area contributed by atoms with E-state index in [-0.39, 0.29) is 6.42 Å². The molecule has 7 heteroatoms. The van der Waals surface area contributed by atoms with Gasteiger partial charge < -0.3 is 4.74 Å². The summed E-state index contributed by atoms with van der Waals surface area (Å²) in [7, 11) is 0. The lowest BCUT2D eigenvalue weighted by Gasteiger charge is -2.12. The van der Waals surface area contributed by atoms with Crippen molar-refractivity contribution in [3.05, 3.63) is 115 Å². The Labute approximate surface area is 293 Å². The van der Waals surface area contributed by atoms with Crippen LogP contribution in [0.15, 0.2) is 114 Å². The fourth-order valence-electron chi connectivity index (χ4n) is 4.49. The van der Waals surface area contributed by atoms with Crippen LogP contribution in [0.5, 0.6) is 5.75 Å². The van der Waals surface area contributed by atoms with Crippen LogP contribution in [0.2, 0.25) is 0 Å². The molecule has 1 heterocycles. The van der Waals surface area contributed by atoms with Crippen molar-refractivity contribution >= 4 is 34.5 Å². The Morgan fingerprint density at radius 3 is 2.02 bits per heavy atom. The third-order valence-electron chi connectivity index (χ3n) is 7.53. The molecule has 1 aliphatic heterocycles. The highest BCUT2D eigenvalue weighted by Crippen LogP contribution is 2.31. The van der Waals surface area contributed by atoms with Gasteiger partial charge in [0.25, 0.3) is 11.1 Å². The van der Waals surface area contributed by atoms with Crippen molar-refractivity contribution in [2.75, 3.05) is 6.61 Å². The molecule has 0 spiro atoms. The lowest BCUT2D eigenvalue weighted by molar-refractivity contribution is -0.139. The lowest BCUT2D eigenvalue weighted by Crippen LogP contribution is -2.37. The van der Waals surface area contributed by atoms with Crippen LogP contribution in [0.1, 0.15) is 97.0 Å². The van der Waals surface area contributed by atoms with E-state index < -0.39 is 22.3 Å². The van der Waals surface area contributed by atoms with Gasteiger partial charge in [-0.1, -0.05) is 117 Å². The Kier molecular flexibility index (Phi) is 21.0. The maximum Gasteiger partial charge on any atom is 0.295 e. The van der Waals surface area contributed by atoms with Gasteiger partial charge in [-0.15, -0.1) is 0 Å². The predicted molar refractivity (Wildman–Crippen MR) is 203 cm³/mol. The van der Waals surface area contributed by atoms with Crippen LogP contribution < -0.4 is 4.74 Å². The molecule has 48 heavy (non-hydrogen) atoms. The van der Waals surface area contributed by atoms with Gasteiger partial charge in [0.1, 0.15) is 5.75 Å². The predicted octanol–water partition coefficient (Wildman–Crippen LogP) is 10.8. The molecule has 0 N–H and O–H groups in total. The van der Waals surface area contributed by atoms with Crippen molar-refractivity contribution in [1.29, 1.82) is 0 Å². The number of rotatable bonds is 23. The van der Waals surface area contributed by atoms with Crippen molar-refractivity contribution in [2.45, 2.75) is 103 Å². The summed E-state index contributed by atoms with van der Waals surface area (Å²) in [5.74, 6) is -0.137. The molecule has 258 valence electrons. The number of carbonyl (C=O) groups is 3. The molecule has 1 aromatic rings. The van der Waals surface area contributed by atoms with E-state index in [1.54, 1.807) is 6.08 Å². The molecular formula is C41H54N2O4S. The minimum absolute atomic E-state index is 0.165. The lowest BCUT2D eigenvalue weighted by atomic mass is 10.1. The molecule has 3 amide bonds. The second-order valence-electron chi connectivity index (χ2n) is 11.5. The fraction of sp³-hybridized carbons (Fsp3) is 0.415. The largest absolute Gasteiger partial charge is 0.493 e. The molecule has 2 rings (SSSR count). The quantitative estimate of drug-likeness (QED) is 0.0658. The molecular weight excluding hydrogens is 617 g/mol. The van der Waals surface area contributed by atoms with Crippen molar-refractivity contribution in [1.82, 2.24) is 4.90 Å². The molecule has 1 aliphatic rings. The average molecular weight is 671 g/mol. The maximum atomic E-state index is 13.0. The average Bonchev–Trinajstić information content (AvgIpc) is 3.37. The molecule has 0 aliphatic carbocycles. The fourth-order valence-corrected chi connectivity index (χ4v) is 5.52. The van der Waals surface area contributed by atoms with Gasteiger partial charge in [-0.3, -0.25) is 19.4 Å². The number of hydrogen-bond acceptors (Lipinski definition) is 6. The zero-order chi connectivity index (χ0) is 34.8. The van der Waals surface area contributed by atoms with E-state index in [9.17, 15) is 14.4 Å². The van der Waals surface area contributed by atoms with E-state index in [1.807, 2.05) is 43.5 Å². The van der Waals surface area contributed by atoms with Gasteiger partial charge in [-0.2, -0.15) is 0 Å². The summed E-state index contributed by atoms with van der Waals surface area (Å²) < 4.78 is 5.85. The number of amides is 3. The van der Waals surface area contributed by atoms with Crippen LogP contribution >= 0.6 is 11.8 Å². The van der Waals surface area contributed by atoms with Gasteiger partial charge >= 0.3 is 0 Å². The highest BCUT2D eigenvalue weighted by molar-refractivity contribution is 8.15. The minimum Gasteiger partial charge on any atom is -0.493 e. The number of allylic oxidation sites excluding steroid dienone is 12. The molecule has 0 radical (unpaired) electrons. The first kappa shape index (κ1) is 40.2. The maximum absolute atomic E-state index is 13.0. The van der Waals surface area contributed by atoms with E-state index in [0.717, 1.165) is 72.9 Å².